The number of hydrogen-bond acceptors (Lipinski definition) is 5. The van der Waals surface area contributed by atoms with Crippen LogP contribution in [-0.4, -0.2) is 57.8 Å². The van der Waals surface area contributed by atoms with Crippen molar-refractivity contribution >= 4 is 10.0 Å². The summed E-state index contributed by atoms with van der Waals surface area (Å²) in [6.07, 6.45) is 0. The molecule has 0 atom stereocenters. The summed E-state index contributed by atoms with van der Waals surface area (Å²) in [5.41, 5.74) is 0. The topological polar surface area (TPSA) is 76.1 Å². The van der Waals surface area contributed by atoms with Crippen molar-refractivity contribution in [2.24, 2.45) is 0 Å². The summed E-state index contributed by atoms with van der Waals surface area (Å²) in [6, 6.07) is 6.15. The normalized spacial score (nSPS) is 11.8. The van der Waals surface area contributed by atoms with Gasteiger partial charge in [0.05, 0.1) is 18.1 Å². The second-order valence-electron chi connectivity index (χ2n) is 4.03. The van der Waals surface area contributed by atoms with Crippen LogP contribution in [0.4, 0.5) is 0 Å². The lowest BCUT2D eigenvalue weighted by molar-refractivity contribution is 0.180. The van der Waals surface area contributed by atoms with E-state index in [-0.39, 0.29) is 18.1 Å². The van der Waals surface area contributed by atoms with E-state index in [0.717, 1.165) is 0 Å². The molecule has 20 heavy (non-hydrogen) atoms. The monoisotopic (exact) mass is 303 g/mol. The third-order valence-corrected chi connectivity index (χ3v) is 4.71. The van der Waals surface area contributed by atoms with Crippen molar-refractivity contribution < 1.29 is 23.0 Å². The molecule has 0 radical (unpaired) electrons. The highest BCUT2D eigenvalue weighted by Gasteiger charge is 2.22. The van der Waals surface area contributed by atoms with Gasteiger partial charge in [0.25, 0.3) is 0 Å². The minimum Gasteiger partial charge on any atom is -0.491 e. The van der Waals surface area contributed by atoms with E-state index in [1.54, 1.807) is 19.1 Å². The van der Waals surface area contributed by atoms with Crippen LogP contribution in [0.15, 0.2) is 29.2 Å². The van der Waals surface area contributed by atoms with Gasteiger partial charge in [-0.15, -0.1) is 0 Å². The van der Waals surface area contributed by atoms with Gasteiger partial charge in [-0.1, -0.05) is 6.92 Å². The highest BCUT2D eigenvalue weighted by atomic mass is 32.2. The lowest BCUT2D eigenvalue weighted by Gasteiger charge is -2.20. The summed E-state index contributed by atoms with van der Waals surface area (Å²) in [6.45, 7) is 2.94. The zero-order chi connectivity index (χ0) is 15.0. The lowest BCUT2D eigenvalue weighted by Crippen LogP contribution is -2.33. The molecule has 0 aliphatic carbocycles. The highest BCUT2D eigenvalue weighted by Crippen LogP contribution is 2.19. The smallest absolute Gasteiger partial charge is 0.243 e. The SMILES string of the molecule is CCN(CCOC)S(=O)(=O)c1ccc(OCCO)cc1. The molecule has 0 unspecified atom stereocenters. The maximum absolute atomic E-state index is 12.4. The molecule has 6 nitrogen and oxygen atoms in total. The first-order chi connectivity index (χ1) is 9.56. The van der Waals surface area contributed by atoms with Gasteiger partial charge in [-0.3, -0.25) is 0 Å². The number of aliphatic hydroxyl groups excluding tert-OH is 1. The van der Waals surface area contributed by atoms with E-state index >= 15 is 0 Å². The third-order valence-electron chi connectivity index (χ3n) is 2.72. The van der Waals surface area contributed by atoms with Crippen molar-refractivity contribution in [2.45, 2.75) is 11.8 Å². The third kappa shape index (κ3) is 4.45. The van der Waals surface area contributed by atoms with Crippen LogP contribution in [0.3, 0.4) is 0 Å². The lowest BCUT2D eigenvalue weighted by atomic mass is 10.3. The number of ether oxygens (including phenoxy) is 2. The minimum atomic E-state index is -3.51. The van der Waals surface area contributed by atoms with Crippen molar-refractivity contribution in [1.82, 2.24) is 4.31 Å². The molecular formula is C13H21NO5S. The number of benzene rings is 1. The summed E-state index contributed by atoms with van der Waals surface area (Å²) >= 11 is 0. The van der Waals surface area contributed by atoms with Gasteiger partial charge >= 0.3 is 0 Å². The molecule has 0 aliphatic rings. The van der Waals surface area contributed by atoms with E-state index in [1.807, 2.05) is 0 Å². The number of nitrogens with zero attached hydrogens (tertiary/aromatic N) is 1. The number of hydrogen-bond donors (Lipinski definition) is 1. The van der Waals surface area contributed by atoms with Gasteiger partial charge in [-0.05, 0) is 24.3 Å². The van der Waals surface area contributed by atoms with Gasteiger partial charge in [-0.25, -0.2) is 8.42 Å². The van der Waals surface area contributed by atoms with E-state index in [9.17, 15) is 8.42 Å². The van der Waals surface area contributed by atoms with E-state index in [2.05, 4.69) is 0 Å². The van der Waals surface area contributed by atoms with Crippen molar-refractivity contribution in [1.29, 1.82) is 0 Å². The van der Waals surface area contributed by atoms with Crippen molar-refractivity contribution in [3.8, 4) is 5.75 Å². The van der Waals surface area contributed by atoms with Gasteiger partial charge < -0.3 is 14.6 Å². The summed E-state index contributed by atoms with van der Waals surface area (Å²) in [7, 11) is -1.98. The standard InChI is InChI=1S/C13H21NO5S/c1-3-14(8-10-18-2)20(16,17)13-6-4-12(5-7-13)19-11-9-15/h4-7,15H,3,8-11H2,1-2H3. The van der Waals surface area contributed by atoms with Gasteiger partial charge in [0.2, 0.25) is 10.0 Å². The zero-order valence-corrected chi connectivity index (χ0v) is 12.6. The van der Waals surface area contributed by atoms with E-state index in [1.165, 1.54) is 23.5 Å². The molecule has 0 fully saturated rings. The second kappa shape index (κ2) is 8.21. The average Bonchev–Trinajstić information content (AvgIpc) is 2.46. The molecule has 0 aliphatic heterocycles. The van der Waals surface area contributed by atoms with Gasteiger partial charge in [0.1, 0.15) is 12.4 Å². The first-order valence-electron chi connectivity index (χ1n) is 6.39. The Balaban J connectivity index is 2.85. The van der Waals surface area contributed by atoms with Crippen LogP contribution in [0.1, 0.15) is 6.92 Å². The molecule has 0 spiro atoms. The van der Waals surface area contributed by atoms with E-state index in [4.69, 9.17) is 14.6 Å². The van der Waals surface area contributed by atoms with E-state index < -0.39 is 10.0 Å². The molecule has 1 rings (SSSR count). The highest BCUT2D eigenvalue weighted by molar-refractivity contribution is 7.89. The number of aliphatic hydroxyl groups is 1. The molecule has 114 valence electrons. The average molecular weight is 303 g/mol. The molecule has 0 saturated carbocycles. The predicted octanol–water partition coefficient (Wildman–Crippen LogP) is 0.715. The number of sulfonamides is 1. The van der Waals surface area contributed by atoms with E-state index in [0.29, 0.717) is 25.4 Å². The van der Waals surface area contributed by atoms with Crippen LogP contribution in [0.5, 0.6) is 5.75 Å². The fourth-order valence-electron chi connectivity index (χ4n) is 1.66. The first kappa shape index (κ1) is 16.9. The Morgan fingerprint density at radius 2 is 1.85 bits per heavy atom. The summed E-state index contributed by atoms with van der Waals surface area (Å²) in [4.78, 5) is 0.215. The van der Waals surface area contributed by atoms with Crippen LogP contribution in [-0.2, 0) is 14.8 Å². The van der Waals surface area contributed by atoms with Crippen molar-refractivity contribution in [2.75, 3.05) is 40.0 Å². The molecule has 1 aromatic carbocycles. The summed E-state index contributed by atoms with van der Waals surface area (Å²) in [5.74, 6) is 0.526. The molecule has 0 aromatic heterocycles. The molecular weight excluding hydrogens is 282 g/mol. The quantitative estimate of drug-likeness (QED) is 0.727. The first-order valence-corrected chi connectivity index (χ1v) is 7.83. The molecule has 1 N–H and O–H groups in total. The molecule has 0 saturated heterocycles. The maximum Gasteiger partial charge on any atom is 0.243 e. The van der Waals surface area contributed by atoms with Crippen LogP contribution >= 0.6 is 0 Å². The Kier molecular flexibility index (Phi) is 6.94. The Labute approximate surface area is 120 Å². The maximum atomic E-state index is 12.4. The largest absolute Gasteiger partial charge is 0.491 e. The fraction of sp³-hybridized carbons (Fsp3) is 0.538. The Bertz CT molecular complexity index is 486. The Morgan fingerprint density at radius 1 is 1.20 bits per heavy atom. The molecule has 0 heterocycles. The van der Waals surface area contributed by atoms with Crippen LogP contribution in [0, 0.1) is 0 Å². The molecule has 1 aromatic rings. The molecule has 0 bridgehead atoms. The predicted molar refractivity (Wildman–Crippen MR) is 75.3 cm³/mol. The molecule has 7 heteroatoms. The fourth-order valence-corrected chi connectivity index (χ4v) is 3.09. The van der Waals surface area contributed by atoms with Gasteiger partial charge in [-0.2, -0.15) is 4.31 Å². The number of methoxy groups -OCH3 is 1. The number of rotatable bonds is 9. The van der Waals surface area contributed by atoms with Crippen LogP contribution in [0.2, 0.25) is 0 Å². The molecule has 0 amide bonds. The van der Waals surface area contributed by atoms with Crippen LogP contribution < -0.4 is 4.74 Å². The Morgan fingerprint density at radius 3 is 2.35 bits per heavy atom. The Hall–Kier alpha value is -1.15. The zero-order valence-electron chi connectivity index (χ0n) is 11.8. The van der Waals surface area contributed by atoms with Gasteiger partial charge in [0, 0.05) is 20.2 Å². The summed E-state index contributed by atoms with van der Waals surface area (Å²) in [5, 5.41) is 8.66. The van der Waals surface area contributed by atoms with Gasteiger partial charge in [0.15, 0.2) is 0 Å². The minimum absolute atomic E-state index is 0.0827. The second-order valence-corrected chi connectivity index (χ2v) is 5.97. The summed E-state index contributed by atoms with van der Waals surface area (Å²) < 4.78 is 36.2. The van der Waals surface area contributed by atoms with Crippen molar-refractivity contribution in [3.63, 3.8) is 0 Å². The van der Waals surface area contributed by atoms with Crippen molar-refractivity contribution in [3.05, 3.63) is 24.3 Å². The number of likely N-dealkylation sites (N-methyl/N-ethyl adjacent to an activating group) is 1. The van der Waals surface area contributed by atoms with Crippen LogP contribution in [0.25, 0.3) is 0 Å².